The minimum Gasteiger partial charge on any atom is -0.481 e. The number of carboxylic acids is 5. The van der Waals surface area contributed by atoms with Gasteiger partial charge in [-0.2, -0.15) is 0 Å². The van der Waals surface area contributed by atoms with E-state index >= 15 is 0 Å². The number of aliphatic hydroxyl groups is 1. The summed E-state index contributed by atoms with van der Waals surface area (Å²) >= 11 is 0. The molecule has 0 heterocycles. The SMILES string of the molecule is CC(=O)O.O=C(O)CC(O)(CC(=O)O)C(=O)O.O=C(O)c1ccccc1. The summed E-state index contributed by atoms with van der Waals surface area (Å²) in [5.41, 5.74) is -2.41. The summed E-state index contributed by atoms with van der Waals surface area (Å²) in [6.45, 7) is 1.08. The number of benzene rings is 1. The highest BCUT2D eigenvalue weighted by atomic mass is 16.4. The molecule has 0 bridgehead atoms. The van der Waals surface area contributed by atoms with Crippen LogP contribution in [0.15, 0.2) is 30.3 Å². The summed E-state index contributed by atoms with van der Waals surface area (Å²) in [6.07, 6.45) is -2.29. The number of carboxylic acid groups (broad SMARTS) is 5. The average molecular weight is 374 g/mol. The molecule has 0 amide bonds. The van der Waals surface area contributed by atoms with E-state index in [0.717, 1.165) is 6.92 Å². The van der Waals surface area contributed by atoms with Crippen LogP contribution in [0.2, 0.25) is 0 Å². The summed E-state index contributed by atoms with van der Waals surface area (Å²) in [5.74, 6) is -6.73. The molecule has 0 spiro atoms. The van der Waals surface area contributed by atoms with Gasteiger partial charge >= 0.3 is 23.9 Å². The molecular formula is C15H18O11. The number of aliphatic carboxylic acids is 4. The van der Waals surface area contributed by atoms with Crippen LogP contribution in [0.1, 0.15) is 30.1 Å². The molecule has 0 aliphatic heterocycles. The fraction of sp³-hybridized carbons (Fsp3) is 0.267. The van der Waals surface area contributed by atoms with E-state index in [1.165, 1.54) is 0 Å². The van der Waals surface area contributed by atoms with E-state index in [0.29, 0.717) is 5.56 Å². The van der Waals surface area contributed by atoms with Crippen molar-refractivity contribution in [3.63, 3.8) is 0 Å². The Morgan fingerprint density at radius 3 is 1.35 bits per heavy atom. The van der Waals surface area contributed by atoms with Crippen molar-refractivity contribution in [2.45, 2.75) is 25.4 Å². The Morgan fingerprint density at radius 1 is 0.808 bits per heavy atom. The van der Waals surface area contributed by atoms with Crippen LogP contribution in [-0.2, 0) is 19.2 Å². The number of aromatic carboxylic acids is 1. The van der Waals surface area contributed by atoms with Gasteiger partial charge in [0.15, 0.2) is 5.60 Å². The number of hydrogen-bond acceptors (Lipinski definition) is 6. The van der Waals surface area contributed by atoms with Crippen LogP contribution in [0, 0.1) is 0 Å². The number of carbonyl (C=O) groups is 5. The van der Waals surface area contributed by atoms with Crippen molar-refractivity contribution in [3.8, 4) is 0 Å². The lowest BCUT2D eigenvalue weighted by Crippen LogP contribution is -2.42. The first-order valence-corrected chi connectivity index (χ1v) is 6.69. The second-order valence-corrected chi connectivity index (χ2v) is 4.67. The topological polar surface area (TPSA) is 207 Å². The molecule has 1 aromatic rings. The molecule has 0 radical (unpaired) electrons. The minimum atomic E-state index is -2.74. The summed E-state index contributed by atoms with van der Waals surface area (Å²) in [5, 5.41) is 49.6. The van der Waals surface area contributed by atoms with Gasteiger partial charge in [0.1, 0.15) is 0 Å². The van der Waals surface area contributed by atoms with Crippen molar-refractivity contribution in [3.05, 3.63) is 35.9 Å². The van der Waals surface area contributed by atoms with E-state index in [-0.39, 0.29) is 0 Å². The minimum absolute atomic E-state index is 0.331. The Kier molecular flexibility index (Phi) is 11.4. The predicted octanol–water partition coefficient (Wildman–Crippen LogP) is 0.227. The molecule has 0 saturated heterocycles. The average Bonchev–Trinajstić information content (AvgIpc) is 2.46. The molecule has 0 aliphatic rings. The first-order chi connectivity index (χ1) is 11.8. The van der Waals surface area contributed by atoms with Crippen LogP contribution in [0.5, 0.6) is 0 Å². The van der Waals surface area contributed by atoms with Crippen LogP contribution >= 0.6 is 0 Å². The molecular weight excluding hydrogens is 356 g/mol. The molecule has 0 fully saturated rings. The van der Waals surface area contributed by atoms with Gasteiger partial charge in [0.05, 0.1) is 18.4 Å². The monoisotopic (exact) mass is 374 g/mol. The Balaban J connectivity index is 0. The largest absolute Gasteiger partial charge is 0.481 e. The van der Waals surface area contributed by atoms with Crippen molar-refractivity contribution in [2.24, 2.45) is 0 Å². The zero-order chi connectivity index (χ0) is 20.9. The normalized spacial score (nSPS) is 9.46. The predicted molar refractivity (Wildman–Crippen MR) is 83.8 cm³/mol. The van der Waals surface area contributed by atoms with Gasteiger partial charge in [0.2, 0.25) is 0 Å². The molecule has 11 nitrogen and oxygen atoms in total. The maximum Gasteiger partial charge on any atom is 0.336 e. The van der Waals surface area contributed by atoms with Gasteiger partial charge in [-0.1, -0.05) is 18.2 Å². The van der Waals surface area contributed by atoms with Crippen LogP contribution in [-0.4, -0.2) is 66.1 Å². The van der Waals surface area contributed by atoms with Gasteiger partial charge in [-0.15, -0.1) is 0 Å². The van der Waals surface area contributed by atoms with E-state index in [4.69, 9.17) is 35.4 Å². The second-order valence-electron chi connectivity index (χ2n) is 4.67. The molecule has 0 aromatic heterocycles. The Labute approximate surface area is 146 Å². The van der Waals surface area contributed by atoms with Gasteiger partial charge in [-0.05, 0) is 12.1 Å². The van der Waals surface area contributed by atoms with E-state index in [1.807, 2.05) is 0 Å². The third kappa shape index (κ3) is 13.0. The second kappa shape index (κ2) is 12.0. The lowest BCUT2D eigenvalue weighted by Gasteiger charge is -2.18. The lowest BCUT2D eigenvalue weighted by molar-refractivity contribution is -0.170. The van der Waals surface area contributed by atoms with Crippen LogP contribution in [0.25, 0.3) is 0 Å². The maximum atomic E-state index is 10.3. The fourth-order valence-corrected chi connectivity index (χ4v) is 1.29. The highest BCUT2D eigenvalue weighted by Gasteiger charge is 2.40. The Bertz CT molecular complexity index is 616. The first kappa shape index (κ1) is 24.8. The molecule has 0 atom stereocenters. The summed E-state index contributed by atoms with van der Waals surface area (Å²) in [4.78, 5) is 49.7. The lowest BCUT2D eigenvalue weighted by atomic mass is 9.96. The Morgan fingerprint density at radius 2 is 1.15 bits per heavy atom. The van der Waals surface area contributed by atoms with Crippen molar-refractivity contribution in [1.29, 1.82) is 0 Å². The molecule has 26 heavy (non-hydrogen) atoms. The fourth-order valence-electron chi connectivity index (χ4n) is 1.29. The van der Waals surface area contributed by atoms with Crippen LogP contribution in [0.4, 0.5) is 0 Å². The summed E-state index contributed by atoms with van der Waals surface area (Å²) in [7, 11) is 0. The summed E-state index contributed by atoms with van der Waals surface area (Å²) in [6, 6.07) is 8.30. The maximum absolute atomic E-state index is 10.3. The van der Waals surface area contributed by atoms with E-state index in [1.54, 1.807) is 30.3 Å². The van der Waals surface area contributed by atoms with Gasteiger partial charge in [0, 0.05) is 6.92 Å². The quantitative estimate of drug-likeness (QED) is 0.397. The van der Waals surface area contributed by atoms with Crippen molar-refractivity contribution in [2.75, 3.05) is 0 Å². The summed E-state index contributed by atoms with van der Waals surface area (Å²) < 4.78 is 0. The van der Waals surface area contributed by atoms with Crippen LogP contribution < -0.4 is 0 Å². The van der Waals surface area contributed by atoms with Crippen molar-refractivity contribution >= 4 is 29.8 Å². The van der Waals surface area contributed by atoms with E-state index in [9.17, 15) is 19.2 Å². The number of rotatable bonds is 6. The smallest absolute Gasteiger partial charge is 0.336 e. The molecule has 1 rings (SSSR count). The van der Waals surface area contributed by atoms with Gasteiger partial charge in [0.25, 0.3) is 5.97 Å². The molecule has 0 saturated carbocycles. The highest BCUT2D eigenvalue weighted by Crippen LogP contribution is 2.15. The third-order valence-corrected chi connectivity index (χ3v) is 2.31. The molecule has 1 aromatic carbocycles. The zero-order valence-electron chi connectivity index (χ0n) is 13.5. The van der Waals surface area contributed by atoms with Gasteiger partial charge < -0.3 is 30.6 Å². The zero-order valence-corrected chi connectivity index (χ0v) is 13.5. The molecule has 0 unspecified atom stereocenters. The molecule has 6 N–H and O–H groups in total. The van der Waals surface area contributed by atoms with Gasteiger partial charge in [-0.3, -0.25) is 14.4 Å². The van der Waals surface area contributed by atoms with Gasteiger partial charge in [-0.25, -0.2) is 9.59 Å². The highest BCUT2D eigenvalue weighted by molar-refractivity contribution is 5.88. The van der Waals surface area contributed by atoms with E-state index in [2.05, 4.69) is 0 Å². The molecule has 144 valence electrons. The van der Waals surface area contributed by atoms with Crippen molar-refractivity contribution < 1.29 is 54.6 Å². The Hall–Kier alpha value is -3.47. The van der Waals surface area contributed by atoms with Crippen molar-refractivity contribution in [1.82, 2.24) is 0 Å². The third-order valence-electron chi connectivity index (χ3n) is 2.31. The molecule has 11 heteroatoms. The number of hydrogen-bond donors (Lipinski definition) is 6. The standard InChI is InChI=1S/C7H6O2.C6H8O7.C2H4O2/c8-7(9)6-4-2-1-3-5-6;7-3(8)1-6(13,5(11)12)2-4(9)10;1-2(3)4/h1-5H,(H,8,9);13H,1-2H2,(H,7,8)(H,9,10)(H,11,12);1H3,(H,3,4). The van der Waals surface area contributed by atoms with Crippen LogP contribution in [0.3, 0.4) is 0 Å². The first-order valence-electron chi connectivity index (χ1n) is 6.69. The molecule has 0 aliphatic carbocycles. The van der Waals surface area contributed by atoms with E-state index < -0.39 is 48.3 Å².